The van der Waals surface area contributed by atoms with E-state index in [1.165, 1.54) is 12.1 Å². The maximum atomic E-state index is 13.7. The average Bonchev–Trinajstić information content (AvgIpc) is 2.69. The number of ether oxygens (including phenoxy) is 1. The lowest BCUT2D eigenvalue weighted by Crippen LogP contribution is -2.45. The Bertz CT molecular complexity index is 917. The van der Waals surface area contributed by atoms with Gasteiger partial charge in [-0.3, -0.25) is 4.79 Å². The van der Waals surface area contributed by atoms with Gasteiger partial charge in [0, 0.05) is 37.8 Å². The molecule has 7 heteroatoms. The van der Waals surface area contributed by atoms with Crippen LogP contribution in [0.3, 0.4) is 0 Å². The number of pyridine rings is 1. The fourth-order valence-electron chi connectivity index (χ4n) is 3.81. The average molecular weight is 403 g/mol. The third kappa shape index (κ3) is 5.15. The summed E-state index contributed by atoms with van der Waals surface area (Å²) in [5, 5.41) is 4.32. The Kier molecular flexibility index (Phi) is 6.90. The van der Waals surface area contributed by atoms with E-state index in [0.717, 1.165) is 18.2 Å². The van der Waals surface area contributed by atoms with E-state index in [4.69, 9.17) is 4.74 Å². The molecule has 1 aromatic carbocycles. The normalized spacial score (nSPS) is 15.3. The van der Waals surface area contributed by atoms with E-state index < -0.39 is 0 Å². The highest BCUT2D eigenvalue weighted by Gasteiger charge is 2.23. The predicted octanol–water partition coefficient (Wildman–Crippen LogP) is 3.51. The lowest BCUT2D eigenvalue weighted by Gasteiger charge is -2.31. The molecule has 0 radical (unpaired) electrons. The van der Waals surface area contributed by atoms with Crippen LogP contribution in [-0.2, 0) is 17.8 Å². The molecule has 158 valence electrons. The van der Waals surface area contributed by atoms with Gasteiger partial charge >= 0.3 is 6.09 Å². The number of fused-ring (bicyclic) bond motifs is 1. The third-order valence-corrected chi connectivity index (χ3v) is 5.28. The van der Waals surface area contributed by atoms with Crippen LogP contribution in [0.5, 0.6) is 0 Å². The molecular weight excluding hydrogens is 373 g/mol. The fraction of sp³-hybridized carbons (Fsp3) is 0.545. The van der Waals surface area contributed by atoms with E-state index in [-0.39, 0.29) is 29.4 Å². The number of piperidine rings is 1. The lowest BCUT2D eigenvalue weighted by molar-refractivity contribution is 0.0950. The standard InChI is InChI=1S/C22H30FN3O3/c1-4-29-22(28)25-9-7-19(8-10-25)24-13-17-11-16-5-6-18(23)12-20(16)26(21(17)27)14-15(2)3/h5-6,11-12,15,19,24H,4,7-10,13-14H2,1-3H3. The molecule has 0 spiro atoms. The number of likely N-dealkylation sites (tertiary alicyclic amines) is 1. The van der Waals surface area contributed by atoms with Crippen molar-refractivity contribution in [2.24, 2.45) is 5.92 Å². The van der Waals surface area contributed by atoms with Crippen LogP contribution in [0.2, 0.25) is 0 Å². The monoisotopic (exact) mass is 403 g/mol. The Morgan fingerprint density at radius 3 is 2.66 bits per heavy atom. The highest BCUT2D eigenvalue weighted by molar-refractivity contribution is 5.79. The van der Waals surface area contributed by atoms with E-state index in [2.05, 4.69) is 5.32 Å². The molecule has 1 aliphatic rings. The summed E-state index contributed by atoms with van der Waals surface area (Å²) in [6.07, 6.45) is 1.37. The van der Waals surface area contributed by atoms with Gasteiger partial charge in [-0.2, -0.15) is 0 Å². The number of aromatic nitrogens is 1. The van der Waals surface area contributed by atoms with E-state index >= 15 is 0 Å². The molecule has 1 saturated heterocycles. The van der Waals surface area contributed by atoms with Crippen molar-refractivity contribution >= 4 is 17.0 Å². The van der Waals surface area contributed by atoms with Crippen LogP contribution in [0.1, 0.15) is 39.2 Å². The first-order valence-corrected chi connectivity index (χ1v) is 10.4. The van der Waals surface area contributed by atoms with Gasteiger partial charge in [0.2, 0.25) is 0 Å². The zero-order valence-corrected chi connectivity index (χ0v) is 17.4. The first-order valence-electron chi connectivity index (χ1n) is 10.4. The molecule has 0 saturated carbocycles. The fourth-order valence-corrected chi connectivity index (χ4v) is 3.81. The molecule has 1 N–H and O–H groups in total. The van der Waals surface area contributed by atoms with Gasteiger partial charge in [0.15, 0.2) is 0 Å². The highest BCUT2D eigenvalue weighted by Crippen LogP contribution is 2.18. The quantitative estimate of drug-likeness (QED) is 0.802. The number of carbonyl (C=O) groups is 1. The Morgan fingerprint density at radius 1 is 1.28 bits per heavy atom. The summed E-state index contributed by atoms with van der Waals surface area (Å²) in [6, 6.07) is 6.68. The van der Waals surface area contributed by atoms with E-state index in [1.54, 1.807) is 22.5 Å². The summed E-state index contributed by atoms with van der Waals surface area (Å²) in [5.41, 5.74) is 1.24. The van der Waals surface area contributed by atoms with Crippen molar-refractivity contribution in [3.05, 3.63) is 46.0 Å². The maximum absolute atomic E-state index is 13.7. The van der Waals surface area contributed by atoms with E-state index in [9.17, 15) is 14.0 Å². The predicted molar refractivity (Wildman–Crippen MR) is 111 cm³/mol. The highest BCUT2D eigenvalue weighted by atomic mass is 19.1. The largest absolute Gasteiger partial charge is 0.450 e. The molecule has 1 aliphatic heterocycles. The first-order chi connectivity index (χ1) is 13.9. The van der Waals surface area contributed by atoms with Crippen LogP contribution in [0.4, 0.5) is 9.18 Å². The first kappa shape index (κ1) is 21.3. The number of benzene rings is 1. The van der Waals surface area contributed by atoms with Gasteiger partial charge in [-0.1, -0.05) is 13.8 Å². The van der Waals surface area contributed by atoms with Gasteiger partial charge in [-0.15, -0.1) is 0 Å². The van der Waals surface area contributed by atoms with Gasteiger partial charge in [-0.05, 0) is 55.3 Å². The molecule has 1 fully saturated rings. The molecule has 6 nitrogen and oxygen atoms in total. The summed E-state index contributed by atoms with van der Waals surface area (Å²) in [7, 11) is 0. The van der Waals surface area contributed by atoms with Gasteiger partial charge in [0.25, 0.3) is 5.56 Å². The second-order valence-electron chi connectivity index (χ2n) is 8.02. The Hall–Kier alpha value is -2.41. The summed E-state index contributed by atoms with van der Waals surface area (Å²) >= 11 is 0. The summed E-state index contributed by atoms with van der Waals surface area (Å²) < 4.78 is 20.5. The van der Waals surface area contributed by atoms with Crippen LogP contribution in [0.25, 0.3) is 10.9 Å². The van der Waals surface area contributed by atoms with E-state index in [0.29, 0.717) is 43.9 Å². The topological polar surface area (TPSA) is 63.6 Å². The van der Waals surface area contributed by atoms with E-state index in [1.807, 2.05) is 19.9 Å². The number of halogens is 1. The number of hydrogen-bond donors (Lipinski definition) is 1. The van der Waals surface area contributed by atoms with Crippen LogP contribution in [-0.4, -0.2) is 41.3 Å². The van der Waals surface area contributed by atoms with Crippen molar-refractivity contribution in [3.8, 4) is 0 Å². The molecule has 0 atom stereocenters. The van der Waals surface area contributed by atoms with Gasteiger partial charge in [0.05, 0.1) is 12.1 Å². The zero-order chi connectivity index (χ0) is 21.0. The molecule has 2 aromatic rings. The molecule has 2 heterocycles. The summed E-state index contributed by atoms with van der Waals surface area (Å²) in [6.45, 7) is 8.55. The Morgan fingerprint density at radius 2 is 2.00 bits per heavy atom. The second kappa shape index (κ2) is 9.39. The minimum Gasteiger partial charge on any atom is -0.450 e. The van der Waals surface area contributed by atoms with Crippen molar-refractivity contribution < 1.29 is 13.9 Å². The number of rotatable bonds is 6. The number of hydrogen-bond acceptors (Lipinski definition) is 4. The molecule has 0 bridgehead atoms. The van der Waals surface area contributed by atoms with Crippen LogP contribution in [0.15, 0.2) is 29.1 Å². The van der Waals surface area contributed by atoms with Crippen molar-refractivity contribution in [2.75, 3.05) is 19.7 Å². The van der Waals surface area contributed by atoms with Gasteiger partial charge < -0.3 is 19.5 Å². The van der Waals surface area contributed by atoms with Crippen LogP contribution in [0, 0.1) is 11.7 Å². The number of nitrogens with one attached hydrogen (secondary N) is 1. The van der Waals surface area contributed by atoms with Crippen LogP contribution < -0.4 is 10.9 Å². The zero-order valence-electron chi connectivity index (χ0n) is 17.4. The Labute approximate surface area is 170 Å². The van der Waals surface area contributed by atoms with Gasteiger partial charge in [-0.25, -0.2) is 9.18 Å². The SMILES string of the molecule is CCOC(=O)N1CCC(NCc2cc3ccc(F)cc3n(CC(C)C)c2=O)CC1. The molecule has 3 rings (SSSR count). The van der Waals surface area contributed by atoms with Crippen molar-refractivity contribution in [3.63, 3.8) is 0 Å². The number of carbonyl (C=O) groups excluding carboxylic acids is 1. The maximum Gasteiger partial charge on any atom is 0.409 e. The molecule has 0 unspecified atom stereocenters. The molecular formula is C22H30FN3O3. The minimum atomic E-state index is -0.339. The second-order valence-corrected chi connectivity index (χ2v) is 8.02. The molecule has 29 heavy (non-hydrogen) atoms. The molecule has 1 amide bonds. The van der Waals surface area contributed by atoms with Crippen molar-refractivity contribution in [1.82, 2.24) is 14.8 Å². The third-order valence-electron chi connectivity index (χ3n) is 5.28. The molecule has 0 aliphatic carbocycles. The van der Waals surface area contributed by atoms with Crippen molar-refractivity contribution in [2.45, 2.75) is 52.7 Å². The molecule has 1 aromatic heterocycles. The summed E-state index contributed by atoms with van der Waals surface area (Å²) in [5.74, 6) is -0.0665. The number of nitrogens with zero attached hydrogens (tertiary/aromatic N) is 2. The number of amides is 1. The summed E-state index contributed by atoms with van der Waals surface area (Å²) in [4.78, 5) is 26.6. The lowest BCUT2D eigenvalue weighted by atomic mass is 10.0. The van der Waals surface area contributed by atoms with Crippen molar-refractivity contribution in [1.29, 1.82) is 0 Å². The van der Waals surface area contributed by atoms with Gasteiger partial charge in [0.1, 0.15) is 5.82 Å². The van der Waals surface area contributed by atoms with Crippen LogP contribution >= 0.6 is 0 Å². The Balaban J connectivity index is 1.72. The minimum absolute atomic E-state index is 0.0757. The smallest absolute Gasteiger partial charge is 0.409 e.